The average Bonchev–Trinajstić information content (AvgIpc) is 3.43. The number of benzene rings is 2. The molecule has 2 heterocycles. The van der Waals surface area contributed by atoms with E-state index in [2.05, 4.69) is 62.1 Å². The van der Waals surface area contributed by atoms with Crippen LogP contribution in [0.25, 0.3) is 0 Å². The molecule has 2 aromatic carbocycles. The Morgan fingerprint density at radius 3 is 2.10 bits per heavy atom. The Morgan fingerprint density at radius 2 is 1.46 bits per heavy atom. The van der Waals surface area contributed by atoms with Crippen molar-refractivity contribution in [1.29, 1.82) is 0 Å². The minimum atomic E-state index is -0.0344. The molecule has 1 aromatic heterocycles. The molecule has 4 rings (SSSR count). The smallest absolute Gasteiger partial charge is 0.223 e. The van der Waals surface area contributed by atoms with Crippen molar-refractivity contribution in [3.63, 3.8) is 0 Å². The van der Waals surface area contributed by atoms with E-state index in [1.807, 2.05) is 28.4 Å². The molecule has 0 N–H and O–H groups in total. The first-order valence-electron chi connectivity index (χ1n) is 14.6. The van der Waals surface area contributed by atoms with Gasteiger partial charge in [-0.05, 0) is 61.8 Å². The lowest BCUT2D eigenvalue weighted by atomic mass is 9.83. The first-order chi connectivity index (χ1) is 19.7. The number of ether oxygens (including phenoxy) is 3. The van der Waals surface area contributed by atoms with Gasteiger partial charge in [0.1, 0.15) is 0 Å². The molecule has 6 nitrogen and oxygen atoms in total. The van der Waals surface area contributed by atoms with E-state index in [0.717, 1.165) is 64.0 Å². The Labute approximate surface area is 250 Å². The maximum atomic E-state index is 13.2. The second-order valence-corrected chi connectivity index (χ2v) is 13.1. The molecule has 1 aliphatic heterocycles. The van der Waals surface area contributed by atoms with E-state index in [0.29, 0.717) is 23.7 Å². The Balaban J connectivity index is 1.22. The molecular formula is C34H46N2O4S. The lowest BCUT2D eigenvalue weighted by molar-refractivity contribution is -0.135. The molecule has 7 heteroatoms. The van der Waals surface area contributed by atoms with Gasteiger partial charge >= 0.3 is 0 Å². The van der Waals surface area contributed by atoms with Crippen molar-refractivity contribution in [3.05, 3.63) is 75.0 Å². The van der Waals surface area contributed by atoms with Gasteiger partial charge in [0.25, 0.3) is 0 Å². The molecule has 0 radical (unpaired) electrons. The molecule has 1 saturated heterocycles. The third-order valence-corrected chi connectivity index (χ3v) is 9.29. The van der Waals surface area contributed by atoms with Crippen LogP contribution in [0.4, 0.5) is 0 Å². The molecule has 0 saturated carbocycles. The number of carbonyl (C=O) groups is 1. The summed E-state index contributed by atoms with van der Waals surface area (Å²) in [6.45, 7) is 10.5. The molecule has 0 bridgehead atoms. The predicted molar refractivity (Wildman–Crippen MR) is 168 cm³/mol. The summed E-state index contributed by atoms with van der Waals surface area (Å²) in [5.41, 5.74) is 3.72. The number of aryl methyl sites for hydroxylation is 4. The number of rotatable bonds is 13. The van der Waals surface area contributed by atoms with Crippen LogP contribution in [0.3, 0.4) is 0 Å². The second kappa shape index (κ2) is 14.2. The summed E-state index contributed by atoms with van der Waals surface area (Å²) < 4.78 is 16.6. The summed E-state index contributed by atoms with van der Waals surface area (Å²) in [6, 6.07) is 17.4. The van der Waals surface area contributed by atoms with Gasteiger partial charge < -0.3 is 19.1 Å². The zero-order valence-electron chi connectivity index (χ0n) is 25.6. The number of hydrogen-bond acceptors (Lipinski definition) is 6. The minimum Gasteiger partial charge on any atom is -0.493 e. The highest BCUT2D eigenvalue weighted by atomic mass is 32.1. The first-order valence-corrected chi connectivity index (χ1v) is 15.4. The fraction of sp³-hybridized carbons (Fsp3) is 0.500. The van der Waals surface area contributed by atoms with Crippen LogP contribution in [0.1, 0.15) is 53.1 Å². The van der Waals surface area contributed by atoms with Crippen molar-refractivity contribution in [3.8, 4) is 17.2 Å². The summed E-state index contributed by atoms with van der Waals surface area (Å²) >= 11 is 1.93. The van der Waals surface area contributed by atoms with Crippen LogP contribution >= 0.6 is 11.3 Å². The van der Waals surface area contributed by atoms with Gasteiger partial charge in [-0.25, -0.2) is 0 Å². The maximum absolute atomic E-state index is 13.2. The van der Waals surface area contributed by atoms with Crippen LogP contribution in [-0.4, -0.2) is 63.2 Å². The summed E-state index contributed by atoms with van der Waals surface area (Å²) in [5, 5.41) is 0. The summed E-state index contributed by atoms with van der Waals surface area (Å²) in [6.07, 6.45) is 4.78. The topological polar surface area (TPSA) is 51.2 Å². The quantitative estimate of drug-likeness (QED) is 0.230. The van der Waals surface area contributed by atoms with Gasteiger partial charge in [0.15, 0.2) is 11.5 Å². The molecule has 222 valence electrons. The van der Waals surface area contributed by atoms with Gasteiger partial charge in [-0.2, -0.15) is 0 Å². The fourth-order valence-electron chi connectivity index (χ4n) is 5.47. The molecule has 0 unspecified atom stereocenters. The third kappa shape index (κ3) is 8.49. The third-order valence-electron chi connectivity index (χ3n) is 8.08. The zero-order valence-corrected chi connectivity index (χ0v) is 26.4. The van der Waals surface area contributed by atoms with Gasteiger partial charge in [-0.15, -0.1) is 11.3 Å². The Bertz CT molecular complexity index is 1280. The van der Waals surface area contributed by atoms with Gasteiger partial charge in [-0.3, -0.25) is 9.69 Å². The van der Waals surface area contributed by atoms with Crippen molar-refractivity contribution < 1.29 is 19.0 Å². The maximum Gasteiger partial charge on any atom is 0.223 e. The van der Waals surface area contributed by atoms with Crippen LogP contribution < -0.4 is 14.2 Å². The highest BCUT2D eigenvalue weighted by molar-refractivity contribution is 7.11. The molecule has 1 amide bonds. The monoisotopic (exact) mass is 578 g/mol. The van der Waals surface area contributed by atoms with Crippen LogP contribution in [0.2, 0.25) is 0 Å². The zero-order chi connectivity index (χ0) is 29.4. The molecular weight excluding hydrogens is 532 g/mol. The molecule has 41 heavy (non-hydrogen) atoms. The van der Waals surface area contributed by atoms with E-state index in [1.54, 1.807) is 21.3 Å². The van der Waals surface area contributed by atoms with Gasteiger partial charge in [0, 0.05) is 54.5 Å². The van der Waals surface area contributed by atoms with Gasteiger partial charge in [-0.1, -0.05) is 49.7 Å². The van der Waals surface area contributed by atoms with Gasteiger partial charge in [0.2, 0.25) is 11.7 Å². The molecule has 0 atom stereocenters. The Hall–Kier alpha value is -3.03. The number of thiophene rings is 1. The van der Waals surface area contributed by atoms with Crippen LogP contribution in [-0.2, 0) is 30.6 Å². The normalized spacial score (nSPS) is 14.2. The highest BCUT2D eigenvalue weighted by Crippen LogP contribution is 2.40. The number of nitrogens with zero attached hydrogens (tertiary/aromatic N) is 2. The Morgan fingerprint density at radius 1 is 0.805 bits per heavy atom. The van der Waals surface area contributed by atoms with Crippen molar-refractivity contribution >= 4 is 17.2 Å². The fourth-order valence-corrected chi connectivity index (χ4v) is 6.49. The largest absolute Gasteiger partial charge is 0.493 e. The molecule has 1 aliphatic rings. The minimum absolute atomic E-state index is 0.0344. The van der Waals surface area contributed by atoms with Crippen molar-refractivity contribution in [2.75, 3.05) is 47.5 Å². The molecule has 3 aromatic rings. The predicted octanol–water partition coefficient (Wildman–Crippen LogP) is 6.56. The van der Waals surface area contributed by atoms with Crippen molar-refractivity contribution in [2.45, 2.75) is 59.4 Å². The van der Waals surface area contributed by atoms with E-state index in [-0.39, 0.29) is 11.3 Å². The highest BCUT2D eigenvalue weighted by Gasteiger charge is 2.28. The first kappa shape index (κ1) is 30.9. The van der Waals surface area contributed by atoms with Crippen LogP contribution in [0, 0.1) is 12.3 Å². The summed E-state index contributed by atoms with van der Waals surface area (Å²) in [4.78, 5) is 20.5. The van der Waals surface area contributed by atoms with E-state index in [9.17, 15) is 4.79 Å². The standard InChI is InChI=1S/C34H46N2O4S/c1-25-7-9-26(10-8-25)11-13-28-14-15-29(41-28)17-18-34(2,3)23-31(37)36-21-19-35(20-22-36)24-27-12-16-30(38-4)33(40-6)32(27)39-5/h7-10,12,14-16H,11,13,17-24H2,1-6H3. The molecule has 0 aliphatic carbocycles. The molecule has 0 spiro atoms. The van der Waals surface area contributed by atoms with Crippen molar-refractivity contribution in [1.82, 2.24) is 9.80 Å². The van der Waals surface area contributed by atoms with Gasteiger partial charge in [0.05, 0.1) is 21.3 Å². The molecule has 1 fully saturated rings. The average molecular weight is 579 g/mol. The van der Waals surface area contributed by atoms with Crippen LogP contribution in [0.5, 0.6) is 17.2 Å². The number of piperazine rings is 1. The summed E-state index contributed by atoms with van der Waals surface area (Å²) in [7, 11) is 4.91. The number of amides is 1. The number of carbonyl (C=O) groups excluding carboxylic acids is 1. The van der Waals surface area contributed by atoms with Crippen molar-refractivity contribution in [2.24, 2.45) is 5.41 Å². The van der Waals surface area contributed by atoms with E-state index in [4.69, 9.17) is 14.2 Å². The Kier molecular flexibility index (Phi) is 10.7. The lowest BCUT2D eigenvalue weighted by Gasteiger charge is -2.36. The lowest BCUT2D eigenvalue weighted by Crippen LogP contribution is -2.49. The van der Waals surface area contributed by atoms with E-state index < -0.39 is 0 Å². The number of hydrogen-bond donors (Lipinski definition) is 0. The van der Waals surface area contributed by atoms with E-state index in [1.165, 1.54) is 20.9 Å². The second-order valence-electron chi connectivity index (χ2n) is 11.8. The SMILES string of the molecule is COc1ccc(CN2CCN(C(=O)CC(C)(C)CCc3ccc(CCc4ccc(C)cc4)s3)CC2)c(OC)c1OC. The summed E-state index contributed by atoms with van der Waals surface area (Å²) in [5.74, 6) is 2.24. The van der Waals surface area contributed by atoms with Crippen LogP contribution in [0.15, 0.2) is 48.5 Å². The number of methoxy groups -OCH3 is 3. The van der Waals surface area contributed by atoms with E-state index >= 15 is 0 Å².